The largest absolute Gasteiger partial charge is 0.244 e. The molecule has 0 aliphatic heterocycles. The lowest BCUT2D eigenvalue weighted by Gasteiger charge is -2.23. The van der Waals surface area contributed by atoms with Crippen molar-refractivity contribution in [3.63, 3.8) is 0 Å². The van der Waals surface area contributed by atoms with Crippen molar-refractivity contribution in [3.8, 4) is 6.07 Å². The first-order chi connectivity index (χ1) is 8.80. The van der Waals surface area contributed by atoms with E-state index in [0.29, 0.717) is 0 Å². The van der Waals surface area contributed by atoms with Gasteiger partial charge in [0.15, 0.2) is 0 Å². The van der Waals surface area contributed by atoms with Gasteiger partial charge in [-0.15, -0.1) is 0 Å². The molecule has 1 saturated carbocycles. The van der Waals surface area contributed by atoms with E-state index in [1.807, 2.05) is 6.07 Å². The van der Waals surface area contributed by atoms with E-state index in [1.54, 1.807) is 13.0 Å². The fraction of sp³-hybridized carbons (Fsp3) is 0.417. The monoisotopic (exact) mass is 318 g/mol. The maximum absolute atomic E-state index is 12.3. The van der Waals surface area contributed by atoms with Crippen molar-refractivity contribution in [2.75, 3.05) is 0 Å². The fourth-order valence-electron chi connectivity index (χ4n) is 1.93. The number of sulfonamides is 1. The van der Waals surface area contributed by atoms with Crippen LogP contribution in [-0.4, -0.2) is 14.0 Å². The van der Waals surface area contributed by atoms with Gasteiger partial charge in [-0.2, -0.15) is 9.98 Å². The Hall–Kier alpha value is -0.800. The first-order valence-corrected chi connectivity index (χ1v) is 7.93. The number of benzene rings is 1. The maximum atomic E-state index is 12.3. The van der Waals surface area contributed by atoms with Gasteiger partial charge in [-0.25, -0.2) is 8.42 Å². The molecule has 0 saturated heterocycles. The highest BCUT2D eigenvalue weighted by Crippen LogP contribution is 2.40. The molecule has 4 nitrogen and oxygen atoms in total. The Morgan fingerprint density at radius 2 is 1.89 bits per heavy atom. The number of rotatable bonds is 4. The molecule has 0 aromatic heterocycles. The van der Waals surface area contributed by atoms with Crippen LogP contribution in [0.4, 0.5) is 0 Å². The van der Waals surface area contributed by atoms with E-state index in [4.69, 9.17) is 23.2 Å². The average Bonchev–Trinajstić information content (AvgIpc) is 3.11. The molecule has 0 radical (unpaired) electrons. The van der Waals surface area contributed by atoms with Crippen LogP contribution in [0.3, 0.4) is 0 Å². The van der Waals surface area contributed by atoms with Gasteiger partial charge in [0.1, 0.15) is 10.4 Å². The summed E-state index contributed by atoms with van der Waals surface area (Å²) in [6.07, 6.45) is 1.67. The van der Waals surface area contributed by atoms with Crippen molar-refractivity contribution in [1.82, 2.24) is 4.72 Å². The highest BCUT2D eigenvalue weighted by Gasteiger charge is 2.45. The van der Waals surface area contributed by atoms with E-state index in [0.717, 1.165) is 12.8 Å². The normalized spacial score (nSPS) is 18.6. The third-order valence-corrected chi connectivity index (χ3v) is 5.68. The first-order valence-electron chi connectivity index (χ1n) is 5.69. The van der Waals surface area contributed by atoms with E-state index >= 15 is 0 Å². The molecule has 1 atom stereocenters. The van der Waals surface area contributed by atoms with Crippen molar-refractivity contribution in [3.05, 3.63) is 28.2 Å². The van der Waals surface area contributed by atoms with E-state index in [2.05, 4.69) is 4.72 Å². The molecule has 1 fully saturated rings. The Morgan fingerprint density at radius 1 is 1.37 bits per heavy atom. The Kier molecular flexibility index (Phi) is 3.80. The van der Waals surface area contributed by atoms with Crippen LogP contribution in [0.25, 0.3) is 0 Å². The average molecular weight is 319 g/mol. The topological polar surface area (TPSA) is 70.0 Å². The standard InChI is InChI=1S/C12H12Cl2N2O2S/c1-12(7-15,8-5-6-8)16-19(17,18)11-9(13)3-2-4-10(11)14/h2-4,8,16H,5-6H2,1H3/t12-/m1/s1. The molecule has 1 aromatic rings. The van der Waals surface area contributed by atoms with Crippen LogP contribution < -0.4 is 4.72 Å². The molecule has 2 rings (SSSR count). The van der Waals surface area contributed by atoms with E-state index < -0.39 is 15.6 Å². The Labute approximate surface area is 122 Å². The summed E-state index contributed by atoms with van der Waals surface area (Å²) >= 11 is 11.8. The second kappa shape index (κ2) is 4.95. The Balaban J connectivity index is 2.41. The summed E-state index contributed by atoms with van der Waals surface area (Å²) in [5.74, 6) is 0.0357. The predicted molar refractivity (Wildman–Crippen MR) is 73.5 cm³/mol. The molecule has 1 aliphatic carbocycles. The Morgan fingerprint density at radius 3 is 2.32 bits per heavy atom. The van der Waals surface area contributed by atoms with Crippen LogP contribution in [0, 0.1) is 17.2 Å². The van der Waals surface area contributed by atoms with Crippen molar-refractivity contribution in [2.24, 2.45) is 5.92 Å². The number of nitrogens with zero attached hydrogens (tertiary/aromatic N) is 1. The lowest BCUT2D eigenvalue weighted by Crippen LogP contribution is -2.46. The van der Waals surface area contributed by atoms with Crippen LogP contribution in [0.15, 0.2) is 23.1 Å². The Bertz CT molecular complexity index is 630. The van der Waals surface area contributed by atoms with Gasteiger partial charge in [0.2, 0.25) is 10.0 Å². The summed E-state index contributed by atoms with van der Waals surface area (Å²) in [6, 6.07) is 6.49. The lowest BCUT2D eigenvalue weighted by atomic mass is 10.0. The molecule has 0 unspecified atom stereocenters. The predicted octanol–water partition coefficient (Wildman–Crippen LogP) is 2.96. The molecular weight excluding hydrogens is 307 g/mol. The fourth-order valence-corrected chi connectivity index (χ4v) is 4.46. The third-order valence-electron chi connectivity index (χ3n) is 3.16. The summed E-state index contributed by atoms with van der Waals surface area (Å²) in [7, 11) is -3.93. The maximum Gasteiger partial charge on any atom is 0.244 e. The van der Waals surface area contributed by atoms with Gasteiger partial charge < -0.3 is 0 Å². The number of hydrogen-bond donors (Lipinski definition) is 1. The number of nitrogens with one attached hydrogen (secondary N) is 1. The van der Waals surface area contributed by atoms with Crippen molar-refractivity contribution in [1.29, 1.82) is 5.26 Å². The van der Waals surface area contributed by atoms with Crippen LogP contribution in [-0.2, 0) is 10.0 Å². The zero-order valence-electron chi connectivity index (χ0n) is 10.2. The quantitative estimate of drug-likeness (QED) is 0.927. The molecule has 102 valence electrons. The molecule has 0 bridgehead atoms. The summed E-state index contributed by atoms with van der Waals surface area (Å²) in [5, 5.41) is 9.28. The molecule has 1 aliphatic rings. The number of halogens is 2. The zero-order chi connectivity index (χ0) is 14.3. The minimum atomic E-state index is -3.93. The number of nitriles is 1. The molecule has 1 aromatic carbocycles. The SMILES string of the molecule is C[C@](C#N)(NS(=O)(=O)c1c(Cl)cccc1Cl)C1CC1. The van der Waals surface area contributed by atoms with Gasteiger partial charge in [0.25, 0.3) is 0 Å². The van der Waals surface area contributed by atoms with E-state index in [-0.39, 0.29) is 20.9 Å². The summed E-state index contributed by atoms with van der Waals surface area (Å²) < 4.78 is 27.1. The smallest absolute Gasteiger partial charge is 0.207 e. The molecule has 7 heteroatoms. The molecular formula is C12H12Cl2N2O2S. The molecule has 0 spiro atoms. The van der Waals surface area contributed by atoms with Gasteiger partial charge in [-0.05, 0) is 37.8 Å². The molecule has 0 amide bonds. The van der Waals surface area contributed by atoms with Crippen molar-refractivity contribution >= 4 is 33.2 Å². The molecule has 19 heavy (non-hydrogen) atoms. The van der Waals surface area contributed by atoms with Crippen molar-refractivity contribution in [2.45, 2.75) is 30.2 Å². The van der Waals surface area contributed by atoms with Crippen LogP contribution in [0.2, 0.25) is 10.0 Å². The van der Waals surface area contributed by atoms with Crippen LogP contribution in [0.1, 0.15) is 19.8 Å². The first kappa shape index (κ1) is 14.6. The van der Waals surface area contributed by atoms with Gasteiger partial charge in [0, 0.05) is 0 Å². The zero-order valence-corrected chi connectivity index (χ0v) is 12.5. The highest BCUT2D eigenvalue weighted by atomic mass is 35.5. The highest BCUT2D eigenvalue weighted by molar-refractivity contribution is 7.89. The van der Waals surface area contributed by atoms with Gasteiger partial charge >= 0.3 is 0 Å². The van der Waals surface area contributed by atoms with E-state index in [9.17, 15) is 13.7 Å². The van der Waals surface area contributed by atoms with E-state index in [1.165, 1.54) is 12.1 Å². The minimum Gasteiger partial charge on any atom is -0.207 e. The summed E-state index contributed by atoms with van der Waals surface area (Å²) in [6.45, 7) is 1.58. The molecule has 0 heterocycles. The van der Waals surface area contributed by atoms with Gasteiger partial charge in [-0.1, -0.05) is 29.3 Å². The lowest BCUT2D eigenvalue weighted by molar-refractivity contribution is 0.458. The van der Waals surface area contributed by atoms with Crippen LogP contribution in [0.5, 0.6) is 0 Å². The van der Waals surface area contributed by atoms with Crippen LogP contribution >= 0.6 is 23.2 Å². The molecule has 1 N–H and O–H groups in total. The second-order valence-electron chi connectivity index (χ2n) is 4.74. The number of hydrogen-bond acceptors (Lipinski definition) is 3. The van der Waals surface area contributed by atoms with Gasteiger partial charge in [-0.3, -0.25) is 0 Å². The van der Waals surface area contributed by atoms with Crippen molar-refractivity contribution < 1.29 is 8.42 Å². The summed E-state index contributed by atoms with van der Waals surface area (Å²) in [4.78, 5) is -0.180. The second-order valence-corrected chi connectivity index (χ2v) is 7.18. The minimum absolute atomic E-state index is 0.0357. The third kappa shape index (κ3) is 2.87. The van der Waals surface area contributed by atoms with Gasteiger partial charge in [0.05, 0.1) is 16.1 Å². The summed E-state index contributed by atoms with van der Waals surface area (Å²) in [5.41, 5.74) is -1.12.